The summed E-state index contributed by atoms with van der Waals surface area (Å²) in [5.74, 6) is -0.402. The summed E-state index contributed by atoms with van der Waals surface area (Å²) in [5.41, 5.74) is 0.508. The summed E-state index contributed by atoms with van der Waals surface area (Å²) in [5, 5.41) is 5.18. The van der Waals surface area contributed by atoms with Crippen molar-refractivity contribution in [2.24, 2.45) is 0 Å². The Kier molecular flexibility index (Phi) is 11.3. The highest BCUT2D eigenvalue weighted by Crippen LogP contribution is 2.38. The van der Waals surface area contributed by atoms with Gasteiger partial charge in [0.1, 0.15) is 15.5 Å². The molecule has 0 saturated carbocycles. The summed E-state index contributed by atoms with van der Waals surface area (Å²) < 4.78 is 65.4. The molecule has 0 amide bonds. The van der Waals surface area contributed by atoms with Gasteiger partial charge < -0.3 is 29.2 Å². The van der Waals surface area contributed by atoms with E-state index in [4.69, 9.17) is 14.2 Å². The summed E-state index contributed by atoms with van der Waals surface area (Å²) in [6, 6.07) is 9.99. The maximum atomic E-state index is 15.2. The van der Waals surface area contributed by atoms with Gasteiger partial charge in [-0.3, -0.25) is 9.71 Å². The Balaban J connectivity index is 1.48. The van der Waals surface area contributed by atoms with E-state index in [9.17, 15) is 13.2 Å². The molecule has 2 N–H and O–H groups in total. The Morgan fingerprint density at radius 1 is 1.05 bits per heavy atom. The summed E-state index contributed by atoms with van der Waals surface area (Å²) in [6.45, 7) is 6.37. The molecular formula is C30H35FN4O7S2. The summed E-state index contributed by atoms with van der Waals surface area (Å²) in [7, 11) is 0.435. The number of hydrogen-bond donors (Lipinski definition) is 2. The summed E-state index contributed by atoms with van der Waals surface area (Å²) in [4.78, 5) is 18.3. The van der Waals surface area contributed by atoms with Crippen molar-refractivity contribution in [2.45, 2.75) is 18.2 Å². The van der Waals surface area contributed by atoms with Crippen molar-refractivity contribution in [1.82, 2.24) is 15.2 Å². The predicted octanol–water partition coefficient (Wildman–Crippen LogP) is 5.13. The predicted molar refractivity (Wildman–Crippen MR) is 167 cm³/mol. The second-order valence-electron chi connectivity index (χ2n) is 9.53. The van der Waals surface area contributed by atoms with Gasteiger partial charge in [-0.05, 0) is 55.7 Å². The van der Waals surface area contributed by atoms with Crippen molar-refractivity contribution in [3.8, 4) is 23.0 Å². The fraction of sp³-hybridized carbons (Fsp3) is 0.333. The Labute approximate surface area is 260 Å². The molecule has 0 bridgehead atoms. The van der Waals surface area contributed by atoms with Gasteiger partial charge in [-0.1, -0.05) is 6.92 Å². The van der Waals surface area contributed by atoms with E-state index in [1.165, 1.54) is 36.9 Å². The molecule has 4 aromatic rings. The summed E-state index contributed by atoms with van der Waals surface area (Å²) >= 11 is 0.926. The third-order valence-corrected chi connectivity index (χ3v) is 9.13. The number of carbonyl (C=O) groups excluding carboxylic acids is 1. The first-order valence-electron chi connectivity index (χ1n) is 13.8. The second-order valence-corrected chi connectivity index (χ2v) is 12.1. The van der Waals surface area contributed by atoms with E-state index in [1.54, 1.807) is 18.2 Å². The van der Waals surface area contributed by atoms with Gasteiger partial charge in [0.2, 0.25) is 0 Å². The Hall–Kier alpha value is -3.98. The Bertz CT molecular complexity index is 1700. The second kappa shape index (κ2) is 15.1. The number of thiophene rings is 1. The molecule has 2 aromatic carbocycles. The molecule has 0 aliphatic rings. The number of likely N-dealkylation sites (N-methyl/N-ethyl adjacent to an activating group) is 2. The van der Waals surface area contributed by atoms with Crippen LogP contribution in [0.2, 0.25) is 0 Å². The molecule has 0 unspecified atom stereocenters. The van der Waals surface area contributed by atoms with Gasteiger partial charge >= 0.3 is 5.97 Å². The number of esters is 1. The number of methoxy groups -OCH3 is 2. The molecule has 44 heavy (non-hydrogen) atoms. The number of hydrogen-bond acceptors (Lipinski definition) is 11. The molecule has 0 radical (unpaired) electrons. The van der Waals surface area contributed by atoms with Crippen LogP contribution in [-0.2, 0) is 14.8 Å². The third kappa shape index (κ3) is 7.94. The molecule has 4 rings (SSSR count). The number of carbonyl (C=O) groups is 1. The monoisotopic (exact) mass is 646 g/mol. The lowest BCUT2D eigenvalue weighted by Crippen LogP contribution is -2.32. The molecule has 0 aliphatic heterocycles. The first-order chi connectivity index (χ1) is 21.2. The van der Waals surface area contributed by atoms with E-state index < -0.39 is 21.8 Å². The number of anilines is 1. The van der Waals surface area contributed by atoms with Crippen LogP contribution in [0.5, 0.6) is 23.0 Å². The highest BCUT2D eigenvalue weighted by Gasteiger charge is 2.25. The lowest BCUT2D eigenvalue weighted by Gasteiger charge is -2.20. The van der Waals surface area contributed by atoms with Crippen LogP contribution in [0.3, 0.4) is 0 Å². The van der Waals surface area contributed by atoms with E-state index in [1.807, 2.05) is 7.05 Å². The Morgan fingerprint density at radius 2 is 1.86 bits per heavy atom. The average molecular weight is 647 g/mol. The van der Waals surface area contributed by atoms with E-state index in [0.717, 1.165) is 57.1 Å². The maximum Gasteiger partial charge on any atom is 0.349 e. The normalized spacial score (nSPS) is 11.5. The minimum absolute atomic E-state index is 0.0519. The van der Waals surface area contributed by atoms with E-state index in [2.05, 4.69) is 31.6 Å². The number of nitrogens with one attached hydrogen (secondary N) is 2. The number of ether oxygens (including phenoxy) is 4. The minimum Gasteiger partial charge on any atom is -0.493 e. The van der Waals surface area contributed by atoms with E-state index in [-0.39, 0.29) is 21.2 Å². The number of fused-ring (bicyclic) bond motifs is 1. The molecule has 236 valence electrons. The van der Waals surface area contributed by atoms with Crippen LogP contribution in [0.15, 0.2) is 58.9 Å². The van der Waals surface area contributed by atoms with E-state index in [0.29, 0.717) is 34.8 Å². The van der Waals surface area contributed by atoms with Crippen LogP contribution >= 0.6 is 11.3 Å². The molecule has 0 aliphatic carbocycles. The molecule has 11 nitrogen and oxygen atoms in total. The van der Waals surface area contributed by atoms with Gasteiger partial charge in [-0.25, -0.2) is 17.6 Å². The zero-order valence-corrected chi connectivity index (χ0v) is 26.5. The quantitative estimate of drug-likeness (QED) is 0.125. The van der Waals surface area contributed by atoms with Crippen LogP contribution < -0.4 is 24.2 Å². The molecular weight excluding hydrogens is 611 g/mol. The van der Waals surface area contributed by atoms with Crippen molar-refractivity contribution < 1.29 is 36.6 Å². The van der Waals surface area contributed by atoms with Gasteiger partial charge in [0.25, 0.3) is 10.0 Å². The first-order valence-corrected chi connectivity index (χ1v) is 16.2. The largest absolute Gasteiger partial charge is 0.493 e. The SMILES string of the molecule is CCN(CCCOc1cc2nccc(Oc3ccc(NS(=O)(=O)c4ccsc4C(=O)OC)cc3F)c2cc1OC)CCNC. The van der Waals surface area contributed by atoms with Crippen LogP contribution in [-0.4, -0.2) is 78.3 Å². The molecule has 2 aromatic heterocycles. The molecule has 0 saturated heterocycles. The van der Waals surface area contributed by atoms with Crippen molar-refractivity contribution in [2.75, 3.05) is 58.8 Å². The van der Waals surface area contributed by atoms with Crippen molar-refractivity contribution in [3.63, 3.8) is 0 Å². The smallest absolute Gasteiger partial charge is 0.349 e. The number of nitrogens with zero attached hydrogens (tertiary/aromatic N) is 2. The molecule has 0 spiro atoms. The number of benzene rings is 2. The van der Waals surface area contributed by atoms with Crippen LogP contribution in [0, 0.1) is 5.82 Å². The zero-order valence-electron chi connectivity index (χ0n) is 24.9. The lowest BCUT2D eigenvalue weighted by molar-refractivity contribution is 0.0602. The topological polar surface area (TPSA) is 128 Å². The third-order valence-electron chi connectivity index (χ3n) is 6.68. The number of aromatic nitrogens is 1. The van der Waals surface area contributed by atoms with Gasteiger partial charge in [0.05, 0.1) is 32.0 Å². The fourth-order valence-corrected chi connectivity index (χ4v) is 6.77. The van der Waals surface area contributed by atoms with Crippen molar-refractivity contribution in [3.05, 3.63) is 64.7 Å². The average Bonchev–Trinajstić information content (AvgIpc) is 3.53. The first kappa shape index (κ1) is 32.9. The summed E-state index contributed by atoms with van der Waals surface area (Å²) in [6.07, 6.45) is 2.37. The lowest BCUT2D eigenvalue weighted by atomic mass is 10.1. The highest BCUT2D eigenvalue weighted by atomic mass is 32.2. The van der Waals surface area contributed by atoms with E-state index >= 15 is 4.39 Å². The van der Waals surface area contributed by atoms with Crippen molar-refractivity contribution >= 4 is 43.9 Å². The fourth-order valence-electron chi connectivity index (χ4n) is 4.38. The molecule has 14 heteroatoms. The van der Waals surface area contributed by atoms with Gasteiger partial charge in [0, 0.05) is 43.4 Å². The Morgan fingerprint density at radius 3 is 2.57 bits per heavy atom. The van der Waals surface area contributed by atoms with Crippen LogP contribution in [0.4, 0.5) is 10.1 Å². The highest BCUT2D eigenvalue weighted by molar-refractivity contribution is 7.93. The van der Waals surface area contributed by atoms with Gasteiger partial charge in [0.15, 0.2) is 23.1 Å². The number of halogens is 1. The van der Waals surface area contributed by atoms with Crippen LogP contribution in [0.1, 0.15) is 23.0 Å². The standard InChI is InChI=1S/C30H35FN4O7S2/c1-5-35(14-12-32-2)13-6-15-41-27-19-23-21(18-26(27)39-3)24(9-11-33-23)42-25-8-7-20(17-22(25)31)34-44(37,38)28-10-16-43-29(28)30(36)40-4/h7-11,16-19,32,34H,5-6,12-15H2,1-4H3. The molecule has 0 atom stereocenters. The number of pyridine rings is 1. The zero-order chi connectivity index (χ0) is 31.7. The van der Waals surface area contributed by atoms with Gasteiger partial charge in [-0.2, -0.15) is 0 Å². The number of rotatable bonds is 16. The molecule has 2 heterocycles. The molecule has 0 fully saturated rings. The maximum absolute atomic E-state index is 15.2. The van der Waals surface area contributed by atoms with Gasteiger partial charge in [-0.15, -0.1) is 11.3 Å². The van der Waals surface area contributed by atoms with Crippen LogP contribution in [0.25, 0.3) is 10.9 Å². The number of sulfonamides is 1. The van der Waals surface area contributed by atoms with Crippen molar-refractivity contribution in [1.29, 1.82) is 0 Å². The minimum atomic E-state index is -4.19.